The summed E-state index contributed by atoms with van der Waals surface area (Å²) < 4.78 is 0. The van der Waals surface area contributed by atoms with Crippen LogP contribution in [0.2, 0.25) is 0 Å². The Morgan fingerprint density at radius 1 is 1.38 bits per heavy atom. The molecular weight excluding hydrogens is 208 g/mol. The van der Waals surface area contributed by atoms with Crippen molar-refractivity contribution in [2.45, 2.75) is 19.3 Å². The van der Waals surface area contributed by atoms with E-state index in [-0.39, 0.29) is 17.0 Å². The molecule has 2 rings (SSSR count). The Kier molecular flexibility index (Phi) is 2.41. The van der Waals surface area contributed by atoms with E-state index in [0.717, 1.165) is 0 Å². The molecule has 80 valence electrons. The lowest BCUT2D eigenvalue weighted by atomic mass is 9.86. The van der Waals surface area contributed by atoms with Gasteiger partial charge in [-0.3, -0.25) is 14.9 Å². The second-order valence-corrected chi connectivity index (χ2v) is 3.63. The highest BCUT2D eigenvalue weighted by Gasteiger charge is 2.28. The fraction of sp³-hybridized carbons (Fsp3) is 0.273. The van der Waals surface area contributed by atoms with E-state index in [2.05, 4.69) is 0 Å². The summed E-state index contributed by atoms with van der Waals surface area (Å²) in [6.45, 7) is 0. The van der Waals surface area contributed by atoms with E-state index in [1.165, 1.54) is 12.1 Å². The van der Waals surface area contributed by atoms with Crippen LogP contribution < -0.4 is 0 Å². The predicted molar refractivity (Wildman–Crippen MR) is 55.1 cm³/mol. The van der Waals surface area contributed by atoms with Gasteiger partial charge in [-0.2, -0.15) is 5.26 Å². The molecule has 16 heavy (non-hydrogen) atoms. The van der Waals surface area contributed by atoms with E-state index in [1.807, 2.05) is 6.07 Å². The van der Waals surface area contributed by atoms with Crippen LogP contribution in [0, 0.1) is 21.4 Å². The van der Waals surface area contributed by atoms with Crippen molar-refractivity contribution < 1.29 is 9.72 Å². The van der Waals surface area contributed by atoms with E-state index >= 15 is 0 Å². The quantitative estimate of drug-likeness (QED) is 0.530. The average Bonchev–Trinajstić information content (AvgIpc) is 2.28. The molecule has 0 saturated heterocycles. The van der Waals surface area contributed by atoms with Gasteiger partial charge in [0.1, 0.15) is 0 Å². The summed E-state index contributed by atoms with van der Waals surface area (Å²) in [7, 11) is 0. The van der Waals surface area contributed by atoms with Crippen molar-refractivity contribution in [3.8, 4) is 6.07 Å². The number of nitro benzene ring substituents is 1. The van der Waals surface area contributed by atoms with E-state index in [4.69, 9.17) is 5.26 Å². The van der Waals surface area contributed by atoms with Crippen molar-refractivity contribution >= 4 is 11.5 Å². The van der Waals surface area contributed by atoms with Crippen LogP contribution in [0.3, 0.4) is 0 Å². The number of nitrogens with zero attached hydrogens (tertiary/aromatic N) is 2. The maximum absolute atomic E-state index is 11.7. The highest BCUT2D eigenvalue weighted by atomic mass is 16.6. The van der Waals surface area contributed by atoms with Crippen LogP contribution in [-0.2, 0) is 6.42 Å². The molecule has 1 aromatic rings. The van der Waals surface area contributed by atoms with Crippen LogP contribution in [0.4, 0.5) is 5.69 Å². The Labute approximate surface area is 91.5 Å². The molecule has 0 unspecified atom stereocenters. The summed E-state index contributed by atoms with van der Waals surface area (Å²) >= 11 is 0. The normalized spacial score (nSPS) is 14.1. The number of Topliss-reactive ketones (excluding diaryl/α,β-unsaturated/α-hetero) is 1. The zero-order valence-corrected chi connectivity index (χ0v) is 8.40. The van der Waals surface area contributed by atoms with Crippen molar-refractivity contribution in [2.24, 2.45) is 0 Å². The number of rotatable bonds is 1. The lowest BCUT2D eigenvalue weighted by molar-refractivity contribution is -0.385. The van der Waals surface area contributed by atoms with Crippen molar-refractivity contribution in [3.05, 3.63) is 38.9 Å². The minimum Gasteiger partial charge on any atom is -0.294 e. The standard InChI is InChI=1S/C11H8N2O3/c12-6-7-4-5-9(13(15)16)11-8(7)2-1-3-10(11)14/h4-5H,1-3H2. The van der Waals surface area contributed by atoms with Gasteiger partial charge in [0, 0.05) is 12.5 Å². The first-order valence-corrected chi connectivity index (χ1v) is 4.88. The third-order valence-corrected chi connectivity index (χ3v) is 2.72. The zero-order valence-electron chi connectivity index (χ0n) is 8.40. The maximum Gasteiger partial charge on any atom is 0.280 e. The summed E-state index contributed by atoms with van der Waals surface area (Å²) in [6, 6.07) is 4.62. The number of ketones is 1. The van der Waals surface area contributed by atoms with Gasteiger partial charge in [0.25, 0.3) is 5.69 Å². The first-order valence-electron chi connectivity index (χ1n) is 4.88. The van der Waals surface area contributed by atoms with Gasteiger partial charge >= 0.3 is 0 Å². The lowest BCUT2D eigenvalue weighted by Crippen LogP contribution is -2.14. The summed E-state index contributed by atoms with van der Waals surface area (Å²) in [6.07, 6.45) is 1.54. The van der Waals surface area contributed by atoms with Crippen LogP contribution in [0.25, 0.3) is 0 Å². The topological polar surface area (TPSA) is 84.0 Å². The highest BCUT2D eigenvalue weighted by Crippen LogP contribution is 2.31. The zero-order chi connectivity index (χ0) is 11.7. The monoisotopic (exact) mass is 216 g/mol. The van der Waals surface area contributed by atoms with E-state index < -0.39 is 4.92 Å². The van der Waals surface area contributed by atoms with Gasteiger partial charge in [0.2, 0.25) is 0 Å². The fourth-order valence-corrected chi connectivity index (χ4v) is 2.01. The third kappa shape index (κ3) is 1.44. The second kappa shape index (κ2) is 3.74. The maximum atomic E-state index is 11.7. The van der Waals surface area contributed by atoms with Gasteiger partial charge in [0.15, 0.2) is 5.78 Å². The molecule has 5 heteroatoms. The van der Waals surface area contributed by atoms with Crippen LogP contribution in [-0.4, -0.2) is 10.7 Å². The number of carbonyl (C=O) groups is 1. The molecule has 0 saturated carbocycles. The Morgan fingerprint density at radius 2 is 2.12 bits per heavy atom. The van der Waals surface area contributed by atoms with Crippen LogP contribution in [0.1, 0.15) is 34.3 Å². The number of fused-ring (bicyclic) bond motifs is 1. The predicted octanol–water partition coefficient (Wildman–Crippen LogP) is 1.99. The number of nitro groups is 1. The first-order chi connectivity index (χ1) is 7.65. The molecule has 0 N–H and O–H groups in total. The summed E-state index contributed by atoms with van der Waals surface area (Å²) in [5, 5.41) is 19.7. The van der Waals surface area contributed by atoms with Gasteiger partial charge in [0.05, 0.1) is 22.1 Å². The average molecular weight is 216 g/mol. The molecular formula is C11H8N2O3. The molecule has 0 fully saturated rings. The Bertz CT molecular complexity index is 529. The van der Waals surface area contributed by atoms with E-state index in [9.17, 15) is 14.9 Å². The summed E-state index contributed by atoms with van der Waals surface area (Å²) in [5.41, 5.74) is 0.857. The smallest absolute Gasteiger partial charge is 0.280 e. The molecule has 0 spiro atoms. The van der Waals surface area contributed by atoms with Crippen LogP contribution >= 0.6 is 0 Å². The van der Waals surface area contributed by atoms with Crippen LogP contribution in [0.15, 0.2) is 12.1 Å². The van der Waals surface area contributed by atoms with Crippen molar-refractivity contribution in [1.82, 2.24) is 0 Å². The molecule has 1 aliphatic rings. The molecule has 5 nitrogen and oxygen atoms in total. The summed E-state index contributed by atoms with van der Waals surface area (Å²) in [4.78, 5) is 21.9. The second-order valence-electron chi connectivity index (χ2n) is 3.63. The minimum atomic E-state index is -0.566. The van der Waals surface area contributed by atoms with Crippen LogP contribution in [0.5, 0.6) is 0 Å². The van der Waals surface area contributed by atoms with Gasteiger partial charge in [-0.05, 0) is 24.5 Å². The Balaban J connectivity index is 2.75. The number of nitriles is 1. The van der Waals surface area contributed by atoms with Gasteiger partial charge < -0.3 is 0 Å². The number of hydrogen-bond acceptors (Lipinski definition) is 4. The molecule has 0 aromatic heterocycles. The van der Waals surface area contributed by atoms with E-state index in [0.29, 0.717) is 30.4 Å². The first kappa shape index (κ1) is 10.3. The molecule has 1 aromatic carbocycles. The minimum absolute atomic E-state index is 0.135. The van der Waals surface area contributed by atoms with Gasteiger partial charge in [-0.1, -0.05) is 0 Å². The van der Waals surface area contributed by atoms with Crippen molar-refractivity contribution in [3.63, 3.8) is 0 Å². The number of carbonyl (C=O) groups excluding carboxylic acids is 1. The lowest BCUT2D eigenvalue weighted by Gasteiger charge is -2.15. The molecule has 0 heterocycles. The van der Waals surface area contributed by atoms with Crippen molar-refractivity contribution in [2.75, 3.05) is 0 Å². The molecule has 0 aliphatic heterocycles. The summed E-state index contributed by atoms with van der Waals surface area (Å²) in [5.74, 6) is -0.231. The fourth-order valence-electron chi connectivity index (χ4n) is 2.01. The van der Waals surface area contributed by atoms with Gasteiger partial charge in [-0.25, -0.2) is 0 Å². The number of hydrogen-bond donors (Lipinski definition) is 0. The molecule has 0 amide bonds. The Hall–Kier alpha value is -2.22. The molecule has 0 radical (unpaired) electrons. The highest BCUT2D eigenvalue weighted by molar-refractivity contribution is 6.02. The largest absolute Gasteiger partial charge is 0.294 e. The van der Waals surface area contributed by atoms with E-state index in [1.54, 1.807) is 0 Å². The molecule has 0 atom stereocenters. The Morgan fingerprint density at radius 3 is 2.75 bits per heavy atom. The SMILES string of the molecule is N#Cc1ccc([N+](=O)[O-])c2c1CCCC2=O. The molecule has 0 bridgehead atoms. The third-order valence-electron chi connectivity index (χ3n) is 2.72. The van der Waals surface area contributed by atoms with Crippen molar-refractivity contribution in [1.29, 1.82) is 5.26 Å². The van der Waals surface area contributed by atoms with Gasteiger partial charge in [-0.15, -0.1) is 0 Å². The molecule has 1 aliphatic carbocycles. The number of benzene rings is 1.